The topological polar surface area (TPSA) is 18.5 Å². The monoisotopic (exact) mass is 184 g/mol. The third-order valence-corrected chi connectivity index (χ3v) is 2.42. The number of hydrogen-bond donors (Lipinski definition) is 0. The molecule has 1 atom stereocenters. The first kappa shape index (κ1) is 10.7. The minimum absolute atomic E-state index is 0.274. The molecule has 0 spiro atoms. The summed E-state index contributed by atoms with van der Waals surface area (Å²) in [5.41, 5.74) is 0.274. The summed E-state index contributed by atoms with van der Waals surface area (Å²) in [6.45, 7) is 7.69. The van der Waals surface area contributed by atoms with Gasteiger partial charge in [-0.25, -0.2) is 0 Å². The zero-order chi connectivity index (χ0) is 9.57. The molecule has 1 aliphatic rings. The van der Waals surface area contributed by atoms with Crippen LogP contribution < -0.4 is 0 Å². The van der Waals surface area contributed by atoms with E-state index in [1.54, 1.807) is 0 Å². The largest absolute Gasteiger partial charge is 0.381 e. The van der Waals surface area contributed by atoms with E-state index in [1.807, 2.05) is 6.92 Å². The summed E-state index contributed by atoms with van der Waals surface area (Å²) >= 11 is 0. The van der Waals surface area contributed by atoms with Gasteiger partial charge in [0.1, 0.15) is 0 Å². The van der Waals surface area contributed by atoms with E-state index in [1.165, 1.54) is 0 Å². The Kier molecular flexibility index (Phi) is 4.46. The molecule has 0 aliphatic carbocycles. The van der Waals surface area contributed by atoms with Crippen LogP contribution >= 0.6 is 0 Å². The molecule has 0 saturated carbocycles. The van der Waals surface area contributed by atoms with Crippen LogP contribution in [0.2, 0.25) is 0 Å². The fourth-order valence-corrected chi connectivity index (χ4v) is 1.46. The van der Waals surface area contributed by atoms with E-state index >= 15 is 0 Å². The lowest BCUT2D eigenvalue weighted by Gasteiger charge is -2.20. The van der Waals surface area contributed by atoms with E-state index < -0.39 is 0 Å². The van der Waals surface area contributed by atoms with Crippen LogP contribution in [0.15, 0.2) is 12.2 Å². The Morgan fingerprint density at radius 1 is 1.54 bits per heavy atom. The van der Waals surface area contributed by atoms with Crippen molar-refractivity contribution in [3.8, 4) is 0 Å². The van der Waals surface area contributed by atoms with Crippen molar-refractivity contribution in [2.24, 2.45) is 5.41 Å². The lowest BCUT2D eigenvalue weighted by Crippen LogP contribution is -2.23. The molecule has 1 aliphatic heterocycles. The van der Waals surface area contributed by atoms with Crippen LogP contribution in [0, 0.1) is 5.41 Å². The molecule has 1 unspecified atom stereocenters. The highest BCUT2D eigenvalue weighted by Crippen LogP contribution is 2.27. The Bertz CT molecular complexity index is 157. The predicted molar refractivity (Wildman–Crippen MR) is 53.8 cm³/mol. The van der Waals surface area contributed by atoms with Gasteiger partial charge in [-0.2, -0.15) is 0 Å². The van der Waals surface area contributed by atoms with Gasteiger partial charge in [-0.15, -0.1) is 0 Å². The molecule has 1 fully saturated rings. The molecule has 1 saturated heterocycles. The smallest absolute Gasteiger partial charge is 0.0542 e. The molecule has 2 heteroatoms. The van der Waals surface area contributed by atoms with Gasteiger partial charge in [0.25, 0.3) is 0 Å². The highest BCUT2D eigenvalue weighted by atomic mass is 16.5. The van der Waals surface area contributed by atoms with Crippen molar-refractivity contribution < 1.29 is 9.47 Å². The van der Waals surface area contributed by atoms with E-state index in [9.17, 15) is 0 Å². The van der Waals surface area contributed by atoms with Crippen LogP contribution in [-0.2, 0) is 9.47 Å². The van der Waals surface area contributed by atoms with Crippen molar-refractivity contribution >= 4 is 0 Å². The van der Waals surface area contributed by atoms with Crippen LogP contribution in [0.25, 0.3) is 0 Å². The SMILES string of the molecule is C/C=C/CCOCC1(C)CCOC1. The van der Waals surface area contributed by atoms with Gasteiger partial charge in [0.15, 0.2) is 0 Å². The molecule has 0 amide bonds. The van der Waals surface area contributed by atoms with Gasteiger partial charge in [0, 0.05) is 12.0 Å². The molecular weight excluding hydrogens is 164 g/mol. The fourth-order valence-electron chi connectivity index (χ4n) is 1.46. The van der Waals surface area contributed by atoms with Crippen LogP contribution in [0.5, 0.6) is 0 Å². The molecule has 0 radical (unpaired) electrons. The maximum atomic E-state index is 5.59. The van der Waals surface area contributed by atoms with Crippen LogP contribution in [0.3, 0.4) is 0 Å². The van der Waals surface area contributed by atoms with Crippen LogP contribution in [-0.4, -0.2) is 26.4 Å². The maximum Gasteiger partial charge on any atom is 0.0542 e. The molecule has 2 nitrogen and oxygen atoms in total. The summed E-state index contributed by atoms with van der Waals surface area (Å²) in [6.07, 6.45) is 6.35. The van der Waals surface area contributed by atoms with Gasteiger partial charge in [-0.05, 0) is 19.8 Å². The Balaban J connectivity index is 2.04. The van der Waals surface area contributed by atoms with Gasteiger partial charge in [0.2, 0.25) is 0 Å². The summed E-state index contributed by atoms with van der Waals surface area (Å²) in [7, 11) is 0. The van der Waals surface area contributed by atoms with Gasteiger partial charge in [0.05, 0.1) is 19.8 Å². The second-order valence-electron chi connectivity index (χ2n) is 4.02. The predicted octanol–water partition coefficient (Wildman–Crippen LogP) is 2.40. The zero-order valence-electron chi connectivity index (χ0n) is 8.71. The van der Waals surface area contributed by atoms with E-state index in [4.69, 9.17) is 9.47 Å². The molecule has 0 N–H and O–H groups in total. The van der Waals surface area contributed by atoms with Crippen molar-refractivity contribution in [2.75, 3.05) is 26.4 Å². The Morgan fingerprint density at radius 2 is 2.38 bits per heavy atom. The molecule has 1 heterocycles. The molecule has 0 aromatic heterocycles. The van der Waals surface area contributed by atoms with Crippen LogP contribution in [0.1, 0.15) is 26.7 Å². The minimum Gasteiger partial charge on any atom is -0.381 e. The van der Waals surface area contributed by atoms with Gasteiger partial charge < -0.3 is 9.47 Å². The summed E-state index contributed by atoms with van der Waals surface area (Å²) in [5, 5.41) is 0. The zero-order valence-corrected chi connectivity index (χ0v) is 8.71. The Morgan fingerprint density at radius 3 is 3.00 bits per heavy atom. The first-order valence-corrected chi connectivity index (χ1v) is 5.03. The quantitative estimate of drug-likeness (QED) is 0.482. The number of allylic oxidation sites excluding steroid dienone is 1. The van der Waals surface area contributed by atoms with E-state index in [2.05, 4.69) is 19.1 Å². The van der Waals surface area contributed by atoms with Gasteiger partial charge in [-0.3, -0.25) is 0 Å². The lowest BCUT2D eigenvalue weighted by molar-refractivity contribution is 0.0460. The van der Waals surface area contributed by atoms with E-state index in [0.717, 1.165) is 39.3 Å². The molecule has 1 rings (SSSR count). The molecule has 13 heavy (non-hydrogen) atoms. The second kappa shape index (κ2) is 5.40. The average molecular weight is 184 g/mol. The van der Waals surface area contributed by atoms with Gasteiger partial charge >= 0.3 is 0 Å². The number of hydrogen-bond acceptors (Lipinski definition) is 2. The number of ether oxygens (including phenoxy) is 2. The Labute approximate surface area is 80.9 Å². The average Bonchev–Trinajstić information content (AvgIpc) is 2.53. The highest BCUT2D eigenvalue weighted by molar-refractivity contribution is 4.79. The maximum absolute atomic E-state index is 5.59. The van der Waals surface area contributed by atoms with Crippen molar-refractivity contribution in [2.45, 2.75) is 26.7 Å². The molecule has 0 bridgehead atoms. The summed E-state index contributed by atoms with van der Waals surface area (Å²) < 4.78 is 10.9. The fraction of sp³-hybridized carbons (Fsp3) is 0.818. The molecule has 0 aromatic carbocycles. The normalized spacial score (nSPS) is 28.8. The molecule has 0 aromatic rings. The van der Waals surface area contributed by atoms with Crippen molar-refractivity contribution in [3.63, 3.8) is 0 Å². The van der Waals surface area contributed by atoms with Crippen molar-refractivity contribution in [3.05, 3.63) is 12.2 Å². The van der Waals surface area contributed by atoms with E-state index in [-0.39, 0.29) is 5.41 Å². The number of rotatable bonds is 5. The first-order valence-electron chi connectivity index (χ1n) is 5.03. The summed E-state index contributed by atoms with van der Waals surface area (Å²) in [4.78, 5) is 0. The third kappa shape index (κ3) is 3.92. The third-order valence-electron chi connectivity index (χ3n) is 2.42. The van der Waals surface area contributed by atoms with E-state index in [0.29, 0.717) is 0 Å². The first-order chi connectivity index (χ1) is 6.27. The second-order valence-corrected chi connectivity index (χ2v) is 4.02. The van der Waals surface area contributed by atoms with Crippen LogP contribution in [0.4, 0.5) is 0 Å². The molecular formula is C11H20O2. The lowest BCUT2D eigenvalue weighted by atomic mass is 9.91. The van der Waals surface area contributed by atoms with Crippen molar-refractivity contribution in [1.29, 1.82) is 0 Å². The minimum atomic E-state index is 0.274. The summed E-state index contributed by atoms with van der Waals surface area (Å²) in [5.74, 6) is 0. The molecule has 76 valence electrons. The van der Waals surface area contributed by atoms with Gasteiger partial charge in [-0.1, -0.05) is 19.1 Å². The van der Waals surface area contributed by atoms with Crippen molar-refractivity contribution in [1.82, 2.24) is 0 Å². The highest BCUT2D eigenvalue weighted by Gasteiger charge is 2.29. The Hall–Kier alpha value is -0.340. The summed E-state index contributed by atoms with van der Waals surface area (Å²) in [6, 6.07) is 0. The standard InChI is InChI=1S/C11H20O2/c1-3-4-5-7-12-9-11(2)6-8-13-10-11/h3-4H,5-10H2,1-2H3/b4-3+.